The summed E-state index contributed by atoms with van der Waals surface area (Å²) < 4.78 is 12.9. The predicted molar refractivity (Wildman–Crippen MR) is 63.0 cm³/mol. The van der Waals surface area contributed by atoms with Crippen LogP contribution >= 0.6 is 0 Å². The molecule has 0 spiro atoms. The van der Waals surface area contributed by atoms with E-state index < -0.39 is 5.95 Å². The van der Waals surface area contributed by atoms with Gasteiger partial charge in [0.2, 0.25) is 5.95 Å². The van der Waals surface area contributed by atoms with Gasteiger partial charge in [-0.05, 0) is 25.5 Å². The molecule has 1 aliphatic heterocycles. The molecule has 2 rings (SSSR count). The highest BCUT2D eigenvalue weighted by Crippen LogP contribution is 2.16. The number of piperidine rings is 1. The van der Waals surface area contributed by atoms with Crippen LogP contribution in [0.25, 0.3) is 0 Å². The molecule has 0 radical (unpaired) electrons. The monoisotopic (exact) mass is 223 g/mol. The molecule has 16 heavy (non-hydrogen) atoms. The Balaban J connectivity index is 1.87. The third-order valence-corrected chi connectivity index (χ3v) is 3.13. The summed E-state index contributed by atoms with van der Waals surface area (Å²) in [5, 5.41) is 3.36. The van der Waals surface area contributed by atoms with Crippen LogP contribution in [0.15, 0.2) is 18.3 Å². The van der Waals surface area contributed by atoms with Crippen LogP contribution in [0.2, 0.25) is 0 Å². The maximum absolute atomic E-state index is 12.9. The van der Waals surface area contributed by atoms with E-state index in [-0.39, 0.29) is 0 Å². The van der Waals surface area contributed by atoms with E-state index in [1.54, 1.807) is 0 Å². The highest BCUT2D eigenvalue weighted by molar-refractivity contribution is 5.42. The van der Waals surface area contributed by atoms with Crippen LogP contribution in [-0.2, 0) is 0 Å². The van der Waals surface area contributed by atoms with Gasteiger partial charge in [-0.1, -0.05) is 6.92 Å². The van der Waals surface area contributed by atoms with Gasteiger partial charge in [0.1, 0.15) is 0 Å². The van der Waals surface area contributed by atoms with Crippen LogP contribution in [-0.4, -0.2) is 35.6 Å². The highest BCUT2D eigenvalue weighted by atomic mass is 19.1. The third kappa shape index (κ3) is 2.92. The van der Waals surface area contributed by atoms with E-state index in [2.05, 4.69) is 22.1 Å². The zero-order valence-electron chi connectivity index (χ0n) is 9.62. The number of rotatable bonds is 3. The maximum atomic E-state index is 12.9. The largest absolute Gasteiger partial charge is 0.382 e. The van der Waals surface area contributed by atoms with Gasteiger partial charge in [0.15, 0.2) is 0 Å². The second-order valence-electron chi connectivity index (χ2n) is 4.22. The Hall–Kier alpha value is -1.16. The maximum Gasteiger partial charge on any atom is 0.214 e. The second kappa shape index (κ2) is 5.25. The smallest absolute Gasteiger partial charge is 0.214 e. The molecule has 1 aliphatic rings. The molecule has 0 bridgehead atoms. The fourth-order valence-electron chi connectivity index (χ4n) is 2.12. The minimum absolute atomic E-state index is 0.420. The summed E-state index contributed by atoms with van der Waals surface area (Å²) in [6.45, 7) is 5.56. The first-order valence-electron chi connectivity index (χ1n) is 5.88. The van der Waals surface area contributed by atoms with Crippen LogP contribution < -0.4 is 5.32 Å². The number of likely N-dealkylation sites (tertiary alicyclic amines) is 1. The van der Waals surface area contributed by atoms with E-state index in [1.165, 1.54) is 12.3 Å². The predicted octanol–water partition coefficient (Wildman–Crippen LogP) is 2.12. The van der Waals surface area contributed by atoms with Crippen molar-refractivity contribution in [3.63, 3.8) is 0 Å². The fourth-order valence-corrected chi connectivity index (χ4v) is 2.12. The average Bonchev–Trinajstić information content (AvgIpc) is 2.30. The summed E-state index contributed by atoms with van der Waals surface area (Å²) >= 11 is 0. The molecule has 0 saturated carbocycles. The lowest BCUT2D eigenvalue weighted by Gasteiger charge is -2.31. The molecule has 88 valence electrons. The molecule has 0 aromatic carbocycles. The van der Waals surface area contributed by atoms with Crippen molar-refractivity contribution in [1.29, 1.82) is 0 Å². The van der Waals surface area contributed by atoms with Gasteiger partial charge in [-0.25, -0.2) is 4.98 Å². The van der Waals surface area contributed by atoms with E-state index in [9.17, 15) is 4.39 Å². The molecule has 0 aliphatic carbocycles. The molecule has 0 amide bonds. The molecule has 1 saturated heterocycles. The van der Waals surface area contributed by atoms with Gasteiger partial charge in [-0.2, -0.15) is 4.39 Å². The summed E-state index contributed by atoms with van der Waals surface area (Å²) in [7, 11) is 0. The fraction of sp³-hybridized carbons (Fsp3) is 0.583. The minimum Gasteiger partial charge on any atom is -0.382 e. The molecule has 1 fully saturated rings. The van der Waals surface area contributed by atoms with Crippen LogP contribution in [0, 0.1) is 5.95 Å². The average molecular weight is 223 g/mol. The van der Waals surface area contributed by atoms with Crippen LogP contribution in [0.4, 0.5) is 10.1 Å². The topological polar surface area (TPSA) is 28.2 Å². The van der Waals surface area contributed by atoms with Gasteiger partial charge in [-0.15, -0.1) is 0 Å². The lowest BCUT2D eigenvalue weighted by atomic mass is 10.0. The number of anilines is 1. The van der Waals surface area contributed by atoms with E-state index in [0.717, 1.165) is 38.2 Å². The van der Waals surface area contributed by atoms with E-state index in [1.807, 2.05) is 6.07 Å². The zero-order chi connectivity index (χ0) is 11.4. The quantitative estimate of drug-likeness (QED) is 0.795. The number of hydrogen-bond acceptors (Lipinski definition) is 3. The van der Waals surface area contributed by atoms with Gasteiger partial charge in [-0.3, -0.25) is 0 Å². The minimum atomic E-state index is -0.420. The first-order chi connectivity index (χ1) is 7.78. The molecule has 0 unspecified atom stereocenters. The molecule has 1 aromatic rings. The van der Waals surface area contributed by atoms with Gasteiger partial charge in [0, 0.05) is 37.1 Å². The summed E-state index contributed by atoms with van der Waals surface area (Å²) in [6, 6.07) is 3.73. The number of nitrogens with zero attached hydrogens (tertiary/aromatic N) is 2. The molecule has 1 aromatic heterocycles. The molecule has 0 atom stereocenters. The second-order valence-corrected chi connectivity index (χ2v) is 4.22. The summed E-state index contributed by atoms with van der Waals surface area (Å²) in [5.74, 6) is -0.420. The number of halogens is 1. The van der Waals surface area contributed by atoms with Crippen molar-refractivity contribution in [2.45, 2.75) is 25.8 Å². The number of pyridine rings is 1. The number of hydrogen-bond donors (Lipinski definition) is 1. The Bertz CT molecular complexity index is 335. The number of nitrogens with one attached hydrogen (secondary N) is 1. The first kappa shape index (κ1) is 11.3. The van der Waals surface area contributed by atoms with Crippen molar-refractivity contribution in [3.05, 3.63) is 24.3 Å². The Labute approximate surface area is 95.7 Å². The molecule has 1 N–H and O–H groups in total. The normalized spacial score (nSPS) is 18.6. The van der Waals surface area contributed by atoms with Crippen molar-refractivity contribution >= 4 is 5.69 Å². The highest BCUT2D eigenvalue weighted by Gasteiger charge is 2.17. The lowest BCUT2D eigenvalue weighted by molar-refractivity contribution is 0.229. The molecule has 3 nitrogen and oxygen atoms in total. The first-order valence-corrected chi connectivity index (χ1v) is 5.88. The Kier molecular flexibility index (Phi) is 3.72. The van der Waals surface area contributed by atoms with Crippen molar-refractivity contribution in [2.24, 2.45) is 0 Å². The molecular formula is C12H18FN3. The van der Waals surface area contributed by atoms with Crippen LogP contribution in [0.3, 0.4) is 0 Å². The molecular weight excluding hydrogens is 205 g/mol. The SMILES string of the molecule is CCN1CCC(Nc2ccnc(F)c2)CC1. The van der Waals surface area contributed by atoms with Crippen molar-refractivity contribution in [3.8, 4) is 0 Å². The number of aromatic nitrogens is 1. The Morgan fingerprint density at radius 1 is 1.50 bits per heavy atom. The molecule has 2 heterocycles. The lowest BCUT2D eigenvalue weighted by Crippen LogP contribution is -2.38. The van der Waals surface area contributed by atoms with Crippen molar-refractivity contribution in [2.75, 3.05) is 25.0 Å². The summed E-state index contributed by atoms with van der Waals surface area (Å²) in [4.78, 5) is 5.98. The zero-order valence-corrected chi connectivity index (χ0v) is 9.62. The standard InChI is InChI=1S/C12H18FN3/c1-2-16-7-4-10(5-8-16)15-11-3-6-14-12(13)9-11/h3,6,9-10H,2,4-5,7-8H2,1H3,(H,14,15). The van der Waals surface area contributed by atoms with E-state index in [0.29, 0.717) is 6.04 Å². The van der Waals surface area contributed by atoms with E-state index >= 15 is 0 Å². The van der Waals surface area contributed by atoms with Crippen molar-refractivity contribution < 1.29 is 4.39 Å². The van der Waals surface area contributed by atoms with E-state index in [4.69, 9.17) is 0 Å². The van der Waals surface area contributed by atoms with Crippen molar-refractivity contribution in [1.82, 2.24) is 9.88 Å². The van der Waals surface area contributed by atoms with Crippen LogP contribution in [0.1, 0.15) is 19.8 Å². The van der Waals surface area contributed by atoms with Crippen LogP contribution in [0.5, 0.6) is 0 Å². The Morgan fingerprint density at radius 3 is 2.88 bits per heavy atom. The molecule has 4 heteroatoms. The van der Waals surface area contributed by atoms with Gasteiger partial charge < -0.3 is 10.2 Å². The van der Waals surface area contributed by atoms with Gasteiger partial charge >= 0.3 is 0 Å². The third-order valence-electron chi connectivity index (χ3n) is 3.13. The van der Waals surface area contributed by atoms with Gasteiger partial charge in [0.25, 0.3) is 0 Å². The van der Waals surface area contributed by atoms with Gasteiger partial charge in [0.05, 0.1) is 0 Å². The summed E-state index contributed by atoms with van der Waals surface area (Å²) in [5.41, 5.74) is 0.836. The Morgan fingerprint density at radius 2 is 2.25 bits per heavy atom. The summed E-state index contributed by atoms with van der Waals surface area (Å²) in [6.07, 6.45) is 3.74.